The van der Waals surface area contributed by atoms with E-state index in [9.17, 15) is 5.11 Å². The number of hydrogen-bond donors (Lipinski definition) is 2. The predicted molar refractivity (Wildman–Crippen MR) is 80.4 cm³/mol. The Hall–Kier alpha value is -0.940. The number of aliphatic hydroxyl groups is 1. The fraction of sp³-hybridized carbons (Fsp3) is 0.625. The molecule has 0 amide bonds. The molecule has 2 atom stereocenters. The van der Waals surface area contributed by atoms with Crippen LogP contribution in [0.4, 0.5) is 0 Å². The maximum absolute atomic E-state index is 9.72. The number of rotatable bonds is 7. The van der Waals surface area contributed by atoms with Gasteiger partial charge in [0.2, 0.25) is 0 Å². The first-order valence-corrected chi connectivity index (χ1v) is 7.53. The van der Waals surface area contributed by atoms with E-state index >= 15 is 0 Å². The van der Waals surface area contributed by atoms with Crippen LogP contribution >= 0.6 is 0 Å². The van der Waals surface area contributed by atoms with Crippen molar-refractivity contribution in [1.29, 1.82) is 0 Å². The van der Waals surface area contributed by atoms with Gasteiger partial charge in [-0.3, -0.25) is 0 Å². The van der Waals surface area contributed by atoms with Crippen molar-refractivity contribution < 1.29 is 9.84 Å². The van der Waals surface area contributed by atoms with Gasteiger partial charge in [-0.15, -0.1) is 0 Å². The van der Waals surface area contributed by atoms with E-state index in [-0.39, 0.29) is 12.1 Å². The lowest BCUT2D eigenvalue weighted by Crippen LogP contribution is -2.50. The third-order valence-electron chi connectivity index (χ3n) is 3.84. The van der Waals surface area contributed by atoms with E-state index in [0.29, 0.717) is 13.2 Å². The van der Waals surface area contributed by atoms with Crippen LogP contribution in [-0.2, 0) is 11.3 Å². The molecule has 1 aromatic rings. The van der Waals surface area contributed by atoms with Crippen molar-refractivity contribution in [2.24, 2.45) is 5.73 Å². The van der Waals surface area contributed by atoms with E-state index in [1.165, 1.54) is 5.56 Å². The Morgan fingerprint density at radius 1 is 1.25 bits per heavy atom. The van der Waals surface area contributed by atoms with Crippen LogP contribution < -0.4 is 5.73 Å². The highest BCUT2D eigenvalue weighted by Crippen LogP contribution is 2.10. The molecule has 0 spiro atoms. The second-order valence-corrected chi connectivity index (χ2v) is 5.57. The maximum Gasteiger partial charge on any atom is 0.0818 e. The van der Waals surface area contributed by atoms with Crippen LogP contribution in [0, 0.1) is 0 Å². The van der Waals surface area contributed by atoms with Gasteiger partial charge in [0.15, 0.2) is 0 Å². The molecule has 0 radical (unpaired) electrons. The molecule has 1 saturated heterocycles. The van der Waals surface area contributed by atoms with Crippen LogP contribution in [-0.4, -0.2) is 48.4 Å². The average Bonchev–Trinajstić information content (AvgIpc) is 2.47. The summed E-state index contributed by atoms with van der Waals surface area (Å²) >= 11 is 0. The number of aliphatic hydroxyl groups excluding tert-OH is 1. The van der Waals surface area contributed by atoms with Gasteiger partial charge in [-0.1, -0.05) is 30.3 Å². The Morgan fingerprint density at radius 3 is 2.80 bits per heavy atom. The lowest BCUT2D eigenvalue weighted by atomic mass is 10.0. The number of benzene rings is 1. The third kappa shape index (κ3) is 5.21. The van der Waals surface area contributed by atoms with Crippen molar-refractivity contribution in [1.82, 2.24) is 4.90 Å². The summed E-state index contributed by atoms with van der Waals surface area (Å²) in [5.41, 5.74) is 7.02. The molecule has 2 rings (SSSR count). The smallest absolute Gasteiger partial charge is 0.0818 e. The molecule has 1 aromatic carbocycles. The second kappa shape index (κ2) is 8.37. The minimum absolute atomic E-state index is 0.0412. The van der Waals surface area contributed by atoms with Gasteiger partial charge in [0.1, 0.15) is 0 Å². The summed E-state index contributed by atoms with van der Waals surface area (Å²) in [5.74, 6) is 0. The molecule has 0 bridgehead atoms. The molecule has 112 valence electrons. The van der Waals surface area contributed by atoms with Gasteiger partial charge < -0.3 is 20.5 Å². The Morgan fingerprint density at radius 2 is 2.05 bits per heavy atom. The first-order valence-electron chi connectivity index (χ1n) is 7.53. The molecule has 0 aromatic heterocycles. The molecule has 1 aliphatic heterocycles. The van der Waals surface area contributed by atoms with Gasteiger partial charge in [-0.05, 0) is 37.9 Å². The first-order chi connectivity index (χ1) is 9.75. The summed E-state index contributed by atoms with van der Waals surface area (Å²) in [7, 11) is 0. The summed E-state index contributed by atoms with van der Waals surface area (Å²) in [6, 6.07) is 10.2. The molecule has 1 heterocycles. The highest BCUT2D eigenvalue weighted by atomic mass is 16.5. The lowest BCUT2D eigenvalue weighted by molar-refractivity contribution is 0.0505. The summed E-state index contributed by atoms with van der Waals surface area (Å²) < 4.78 is 5.66. The standard InChI is InChI=1S/C16H26N2O2/c17-15-8-10-18(12-16(15)19)9-4-5-11-20-13-14-6-2-1-3-7-14/h1-3,6-7,15-16,19H,4-5,8-13,17H2/t15-,16-/m1/s1. The summed E-state index contributed by atoms with van der Waals surface area (Å²) in [4.78, 5) is 2.30. The van der Waals surface area contributed by atoms with Crippen LogP contribution in [0.25, 0.3) is 0 Å². The summed E-state index contributed by atoms with van der Waals surface area (Å²) in [6.07, 6.45) is 2.70. The molecular formula is C16H26N2O2. The summed E-state index contributed by atoms with van der Waals surface area (Å²) in [6.45, 7) is 4.23. The van der Waals surface area contributed by atoms with Crippen molar-refractivity contribution in [3.8, 4) is 0 Å². The van der Waals surface area contributed by atoms with Crippen molar-refractivity contribution in [3.05, 3.63) is 35.9 Å². The molecule has 4 nitrogen and oxygen atoms in total. The molecule has 0 unspecified atom stereocenters. The van der Waals surface area contributed by atoms with Gasteiger partial charge in [0.05, 0.1) is 12.7 Å². The Labute approximate surface area is 121 Å². The number of β-amino-alcohol motifs (C(OH)–C–C–N with tert-alkyl or cyclic N) is 1. The zero-order valence-corrected chi connectivity index (χ0v) is 12.1. The molecular weight excluding hydrogens is 252 g/mol. The quantitative estimate of drug-likeness (QED) is 0.740. The number of unbranched alkanes of at least 4 members (excludes halogenated alkanes) is 1. The number of piperidine rings is 1. The van der Waals surface area contributed by atoms with Gasteiger partial charge in [0, 0.05) is 19.2 Å². The van der Waals surface area contributed by atoms with E-state index in [0.717, 1.165) is 39.0 Å². The number of nitrogens with two attached hydrogens (primary N) is 1. The molecule has 20 heavy (non-hydrogen) atoms. The first kappa shape index (κ1) is 15.4. The fourth-order valence-corrected chi connectivity index (χ4v) is 2.52. The number of hydrogen-bond acceptors (Lipinski definition) is 4. The van der Waals surface area contributed by atoms with Crippen LogP contribution in [0.5, 0.6) is 0 Å². The molecule has 3 N–H and O–H groups in total. The minimum Gasteiger partial charge on any atom is -0.390 e. The van der Waals surface area contributed by atoms with E-state index in [1.807, 2.05) is 18.2 Å². The number of ether oxygens (including phenoxy) is 1. The zero-order chi connectivity index (χ0) is 14.2. The van der Waals surface area contributed by atoms with Crippen molar-refractivity contribution >= 4 is 0 Å². The lowest BCUT2D eigenvalue weighted by Gasteiger charge is -2.34. The van der Waals surface area contributed by atoms with Crippen molar-refractivity contribution in [2.45, 2.75) is 38.0 Å². The fourth-order valence-electron chi connectivity index (χ4n) is 2.52. The molecule has 0 saturated carbocycles. The van der Waals surface area contributed by atoms with E-state index in [2.05, 4.69) is 17.0 Å². The van der Waals surface area contributed by atoms with Crippen molar-refractivity contribution in [3.63, 3.8) is 0 Å². The second-order valence-electron chi connectivity index (χ2n) is 5.57. The van der Waals surface area contributed by atoms with Crippen LogP contribution in [0.15, 0.2) is 30.3 Å². The highest BCUT2D eigenvalue weighted by Gasteiger charge is 2.23. The maximum atomic E-state index is 9.72. The van der Waals surface area contributed by atoms with E-state index in [4.69, 9.17) is 10.5 Å². The van der Waals surface area contributed by atoms with Gasteiger partial charge in [-0.2, -0.15) is 0 Å². The molecule has 1 fully saturated rings. The van der Waals surface area contributed by atoms with Crippen molar-refractivity contribution in [2.75, 3.05) is 26.2 Å². The monoisotopic (exact) mass is 278 g/mol. The van der Waals surface area contributed by atoms with E-state index < -0.39 is 0 Å². The van der Waals surface area contributed by atoms with Crippen LogP contribution in [0.2, 0.25) is 0 Å². The van der Waals surface area contributed by atoms with Crippen LogP contribution in [0.1, 0.15) is 24.8 Å². The SMILES string of the molecule is N[C@@H]1CCN(CCCCOCc2ccccc2)C[C@H]1O. The molecule has 0 aliphatic carbocycles. The molecule has 1 aliphatic rings. The predicted octanol–water partition coefficient (Wildman–Crippen LogP) is 1.38. The van der Waals surface area contributed by atoms with Gasteiger partial charge in [0.25, 0.3) is 0 Å². The third-order valence-corrected chi connectivity index (χ3v) is 3.84. The minimum atomic E-state index is -0.363. The van der Waals surface area contributed by atoms with Gasteiger partial charge in [-0.25, -0.2) is 0 Å². The number of likely N-dealkylation sites (tertiary alicyclic amines) is 1. The van der Waals surface area contributed by atoms with Gasteiger partial charge >= 0.3 is 0 Å². The zero-order valence-electron chi connectivity index (χ0n) is 12.1. The summed E-state index contributed by atoms with van der Waals surface area (Å²) in [5, 5.41) is 9.72. The molecule has 4 heteroatoms. The highest BCUT2D eigenvalue weighted by molar-refractivity contribution is 5.13. The largest absolute Gasteiger partial charge is 0.390 e. The van der Waals surface area contributed by atoms with Crippen LogP contribution in [0.3, 0.4) is 0 Å². The topological polar surface area (TPSA) is 58.7 Å². The van der Waals surface area contributed by atoms with E-state index in [1.54, 1.807) is 0 Å². The normalized spacial score (nSPS) is 23.9. The Kier molecular flexibility index (Phi) is 6.47. The Balaban J connectivity index is 1.50. The average molecular weight is 278 g/mol. The Bertz CT molecular complexity index is 372. The number of nitrogens with zero attached hydrogens (tertiary/aromatic N) is 1.